The number of aliphatic hydroxyl groups excluding tert-OH is 4. The summed E-state index contributed by atoms with van der Waals surface area (Å²) in [6, 6.07) is 0. The smallest absolute Gasteiger partial charge is 0.167 e. The van der Waals surface area contributed by atoms with Crippen molar-refractivity contribution in [3.05, 3.63) is 12.2 Å². The molecule has 0 spiro atoms. The highest BCUT2D eigenvalue weighted by molar-refractivity contribution is 5.82. The van der Waals surface area contributed by atoms with Crippen LogP contribution < -0.4 is 5.73 Å². The molecule has 0 aliphatic carbocycles. The van der Waals surface area contributed by atoms with Crippen molar-refractivity contribution in [1.82, 2.24) is 19.5 Å². The number of fused-ring (bicyclic) bond motifs is 1. The van der Waals surface area contributed by atoms with E-state index in [2.05, 4.69) is 15.0 Å². The summed E-state index contributed by atoms with van der Waals surface area (Å²) in [7, 11) is 0. The predicted molar refractivity (Wildman–Crippen MR) is 73.4 cm³/mol. The van der Waals surface area contributed by atoms with Crippen molar-refractivity contribution in [2.45, 2.75) is 37.6 Å². The number of nitrogens with two attached hydrogens (primary N) is 1. The van der Waals surface area contributed by atoms with E-state index in [-0.39, 0.29) is 22.8 Å². The average molecular weight is 311 g/mol. The number of ether oxygens (including phenoxy) is 1. The Morgan fingerprint density at radius 3 is 2.68 bits per heavy atom. The number of nitrogens with zero attached hydrogens (tertiary/aromatic N) is 4. The Morgan fingerprint density at radius 1 is 1.36 bits per heavy atom. The van der Waals surface area contributed by atoms with Crippen LogP contribution in [0.5, 0.6) is 0 Å². The summed E-state index contributed by atoms with van der Waals surface area (Å²) < 4.78 is 6.84. The van der Waals surface area contributed by atoms with E-state index in [1.165, 1.54) is 17.8 Å². The number of aromatic nitrogens is 4. The number of hydrogen-bond donors (Lipinski definition) is 5. The Labute approximate surface area is 124 Å². The van der Waals surface area contributed by atoms with Crippen molar-refractivity contribution in [3.8, 4) is 0 Å². The second kappa shape index (κ2) is 5.41. The molecular weight excluding hydrogens is 294 g/mol. The van der Waals surface area contributed by atoms with Crippen molar-refractivity contribution in [3.63, 3.8) is 0 Å². The van der Waals surface area contributed by atoms with E-state index in [0.29, 0.717) is 0 Å². The monoisotopic (exact) mass is 311 g/mol. The van der Waals surface area contributed by atoms with Crippen LogP contribution in [0, 0.1) is 0 Å². The third-order valence-corrected chi connectivity index (χ3v) is 3.68. The van der Waals surface area contributed by atoms with Gasteiger partial charge in [-0.05, 0) is 6.92 Å². The van der Waals surface area contributed by atoms with Gasteiger partial charge in [0.2, 0.25) is 0 Å². The van der Waals surface area contributed by atoms with Gasteiger partial charge >= 0.3 is 0 Å². The second-order valence-electron chi connectivity index (χ2n) is 5.18. The summed E-state index contributed by atoms with van der Waals surface area (Å²) in [5.41, 5.74) is 6.27. The molecule has 2 aromatic rings. The Morgan fingerprint density at radius 2 is 2.09 bits per heavy atom. The molecule has 10 nitrogen and oxygen atoms in total. The molecule has 120 valence electrons. The van der Waals surface area contributed by atoms with Crippen molar-refractivity contribution < 1.29 is 25.2 Å². The lowest BCUT2D eigenvalue weighted by Gasteiger charge is -2.20. The fourth-order valence-corrected chi connectivity index (χ4v) is 2.58. The molecule has 0 aromatic carbocycles. The Bertz CT molecular complexity index is 690. The zero-order valence-electron chi connectivity index (χ0n) is 11.7. The molecule has 1 saturated heterocycles. The van der Waals surface area contributed by atoms with Gasteiger partial charge in [0.1, 0.15) is 36.6 Å². The molecule has 1 aliphatic heterocycles. The number of hydrogen-bond acceptors (Lipinski definition) is 9. The second-order valence-corrected chi connectivity index (χ2v) is 5.18. The van der Waals surface area contributed by atoms with Crippen LogP contribution in [0.25, 0.3) is 11.2 Å². The topological polar surface area (TPSA) is 160 Å². The minimum absolute atomic E-state index is 0.123. The predicted octanol–water partition coefficient (Wildman–Crippen LogP) is -1.93. The minimum Gasteiger partial charge on any atom is -0.394 e. The van der Waals surface area contributed by atoms with Gasteiger partial charge < -0.3 is 30.9 Å². The highest BCUT2D eigenvalue weighted by Gasteiger charge is 2.45. The van der Waals surface area contributed by atoms with Gasteiger partial charge in [-0.25, -0.2) is 15.0 Å². The fraction of sp³-hybridized carbons (Fsp3) is 0.583. The molecule has 1 fully saturated rings. The number of rotatable bonds is 3. The highest BCUT2D eigenvalue weighted by Crippen LogP contribution is 2.34. The third-order valence-electron chi connectivity index (χ3n) is 3.68. The van der Waals surface area contributed by atoms with Gasteiger partial charge in [0.25, 0.3) is 0 Å². The first kappa shape index (κ1) is 15.1. The van der Waals surface area contributed by atoms with Gasteiger partial charge in [-0.1, -0.05) is 0 Å². The quantitative estimate of drug-likeness (QED) is 0.435. The normalized spacial score (nSPS) is 30.0. The van der Waals surface area contributed by atoms with Crippen molar-refractivity contribution in [1.29, 1.82) is 0 Å². The van der Waals surface area contributed by atoms with Gasteiger partial charge in [-0.2, -0.15) is 0 Å². The summed E-state index contributed by atoms with van der Waals surface area (Å²) in [6.45, 7) is 1.03. The molecule has 0 bridgehead atoms. The average Bonchev–Trinajstić information content (AvgIpc) is 3.00. The Balaban J connectivity index is 2.17. The number of imidazole rings is 1. The van der Waals surface area contributed by atoms with E-state index in [1.54, 1.807) is 0 Å². The third kappa shape index (κ3) is 2.12. The molecule has 5 atom stereocenters. The maximum absolute atomic E-state index is 10.2. The maximum atomic E-state index is 10.2. The largest absolute Gasteiger partial charge is 0.394 e. The Kier molecular flexibility index (Phi) is 3.70. The lowest BCUT2D eigenvalue weighted by molar-refractivity contribution is -0.0543. The standard InChI is InChI=1S/C12H17N5O5/c1-4(19)10-16-6-9(13)14-3-15-11(6)17(10)12-8(21)7(20)5(2-18)22-12/h3-5,7-8,12,18-21H,2H2,1H3,(H2,13,14,15)/t4?,5-,7?,8?,12-/m1/s1. The molecule has 3 unspecified atom stereocenters. The van der Waals surface area contributed by atoms with Crippen molar-refractivity contribution >= 4 is 17.0 Å². The van der Waals surface area contributed by atoms with Crippen LogP contribution in [-0.4, -0.2) is 64.9 Å². The van der Waals surface area contributed by atoms with Crippen LogP contribution in [0.3, 0.4) is 0 Å². The lowest BCUT2D eigenvalue weighted by atomic mass is 10.1. The SMILES string of the molecule is CC(O)c1nc2c(N)ncnc2n1[C@@H]1O[C@H](CO)C(O)C1O. The molecule has 10 heteroatoms. The molecule has 3 rings (SSSR count). The molecule has 3 heterocycles. The molecule has 0 saturated carbocycles. The molecule has 1 aliphatic rings. The number of nitrogen functional groups attached to an aromatic ring is 1. The van der Waals surface area contributed by atoms with Crippen LogP contribution in [0.15, 0.2) is 6.33 Å². The molecular formula is C12H17N5O5. The summed E-state index contributed by atoms with van der Waals surface area (Å²) in [4.78, 5) is 12.1. The van der Waals surface area contributed by atoms with Crippen LogP contribution in [0.1, 0.15) is 25.1 Å². The van der Waals surface area contributed by atoms with Crippen molar-refractivity contribution in [2.24, 2.45) is 0 Å². The molecule has 6 N–H and O–H groups in total. The van der Waals surface area contributed by atoms with Crippen LogP contribution in [0.4, 0.5) is 5.82 Å². The zero-order valence-corrected chi connectivity index (χ0v) is 11.7. The first-order chi connectivity index (χ1) is 10.5. The molecule has 2 aromatic heterocycles. The van der Waals surface area contributed by atoms with E-state index < -0.39 is 37.3 Å². The van der Waals surface area contributed by atoms with Gasteiger partial charge in [0.15, 0.2) is 23.2 Å². The van der Waals surface area contributed by atoms with Crippen LogP contribution in [-0.2, 0) is 4.74 Å². The van der Waals surface area contributed by atoms with E-state index in [9.17, 15) is 20.4 Å². The number of aliphatic hydroxyl groups is 4. The number of anilines is 1. The maximum Gasteiger partial charge on any atom is 0.167 e. The lowest BCUT2D eigenvalue weighted by Crippen LogP contribution is -2.33. The first-order valence-corrected chi connectivity index (χ1v) is 6.74. The van der Waals surface area contributed by atoms with E-state index in [4.69, 9.17) is 10.5 Å². The van der Waals surface area contributed by atoms with E-state index >= 15 is 0 Å². The fourth-order valence-electron chi connectivity index (χ4n) is 2.58. The van der Waals surface area contributed by atoms with E-state index in [0.717, 1.165) is 0 Å². The summed E-state index contributed by atoms with van der Waals surface area (Å²) >= 11 is 0. The minimum atomic E-state index is -1.32. The highest BCUT2D eigenvalue weighted by atomic mass is 16.6. The molecule has 22 heavy (non-hydrogen) atoms. The molecule has 0 radical (unpaired) electrons. The van der Waals surface area contributed by atoms with Crippen LogP contribution >= 0.6 is 0 Å². The summed E-state index contributed by atoms with van der Waals surface area (Å²) in [5.74, 6) is 0.287. The van der Waals surface area contributed by atoms with Gasteiger partial charge in [0, 0.05) is 0 Å². The van der Waals surface area contributed by atoms with Gasteiger partial charge in [-0.15, -0.1) is 0 Å². The van der Waals surface area contributed by atoms with Crippen molar-refractivity contribution in [2.75, 3.05) is 12.3 Å². The van der Waals surface area contributed by atoms with Gasteiger partial charge in [-0.3, -0.25) is 4.57 Å². The molecule has 0 amide bonds. The summed E-state index contributed by atoms with van der Waals surface area (Å²) in [6.07, 6.45) is -4.36. The Hall–Kier alpha value is -1.85. The van der Waals surface area contributed by atoms with Crippen LogP contribution in [0.2, 0.25) is 0 Å². The van der Waals surface area contributed by atoms with E-state index in [1.807, 2.05) is 0 Å². The first-order valence-electron chi connectivity index (χ1n) is 6.74. The summed E-state index contributed by atoms with van der Waals surface area (Å²) in [5, 5.41) is 39.2. The van der Waals surface area contributed by atoms with Gasteiger partial charge in [0.05, 0.1) is 6.61 Å². The zero-order chi connectivity index (χ0) is 16.0.